The summed E-state index contributed by atoms with van der Waals surface area (Å²) in [5.41, 5.74) is 5.00. The molecule has 6 rings (SSSR count). The van der Waals surface area contributed by atoms with Crippen molar-refractivity contribution in [3.8, 4) is 45.3 Å². The Bertz CT molecular complexity index is 1740. The molecule has 0 aliphatic heterocycles. The lowest BCUT2D eigenvalue weighted by molar-refractivity contribution is 0.627. The molecule has 6 aromatic rings. The van der Waals surface area contributed by atoms with Crippen LogP contribution in [-0.4, -0.2) is 24.5 Å². The van der Waals surface area contributed by atoms with Gasteiger partial charge in [-0.25, -0.2) is 19.1 Å². The van der Waals surface area contributed by atoms with E-state index >= 15 is 0 Å². The van der Waals surface area contributed by atoms with Gasteiger partial charge in [0.1, 0.15) is 5.82 Å². The van der Waals surface area contributed by atoms with Crippen molar-refractivity contribution < 1.29 is 4.39 Å². The van der Waals surface area contributed by atoms with Crippen LogP contribution in [0.3, 0.4) is 0 Å². The average molecular weight is 524 g/mol. The number of hydrogen-bond donors (Lipinski definition) is 1. The predicted molar refractivity (Wildman–Crippen MR) is 147 cm³/mol. The van der Waals surface area contributed by atoms with Crippen LogP contribution in [0.15, 0.2) is 109 Å². The van der Waals surface area contributed by atoms with Gasteiger partial charge in [0.05, 0.1) is 11.4 Å². The van der Waals surface area contributed by atoms with Gasteiger partial charge in [-0.3, -0.25) is 0 Å². The minimum Gasteiger partial charge on any atom is -0.250 e. The molecule has 0 bridgehead atoms. The molecule has 0 spiro atoms. The second-order valence-corrected chi connectivity index (χ2v) is 9.18. The zero-order valence-electron chi connectivity index (χ0n) is 19.3. The molecule has 2 heterocycles. The summed E-state index contributed by atoms with van der Waals surface area (Å²) in [4.78, 5) is 5.11. The van der Waals surface area contributed by atoms with Crippen molar-refractivity contribution in [2.45, 2.75) is 0 Å². The largest absolute Gasteiger partial charge is 0.250 e. The molecule has 180 valence electrons. The number of nitrogens with one attached hydrogen (secondary N) is 1. The van der Waals surface area contributed by atoms with E-state index in [1.807, 2.05) is 82.1 Å². The van der Waals surface area contributed by atoms with Gasteiger partial charge in [-0.05, 0) is 60.7 Å². The number of hydrogen-bond acceptors (Lipinski definition) is 3. The maximum atomic E-state index is 13.9. The van der Waals surface area contributed by atoms with Crippen LogP contribution < -0.4 is 0 Å². The molecule has 5 nitrogen and oxygen atoms in total. The van der Waals surface area contributed by atoms with Crippen molar-refractivity contribution in [2.75, 3.05) is 0 Å². The van der Waals surface area contributed by atoms with Crippen LogP contribution in [0.2, 0.25) is 5.02 Å². The molecule has 0 unspecified atom stereocenters. The molecule has 0 saturated heterocycles. The van der Waals surface area contributed by atoms with Crippen molar-refractivity contribution in [2.24, 2.45) is 0 Å². The minimum absolute atomic E-state index is 0.324. The number of H-pyrrole nitrogens is 1. The normalized spacial score (nSPS) is 11.1. The Morgan fingerprint density at radius 1 is 0.649 bits per heavy atom. The fourth-order valence-corrected chi connectivity index (χ4v) is 4.65. The van der Waals surface area contributed by atoms with Crippen molar-refractivity contribution >= 4 is 23.8 Å². The molecule has 0 aliphatic carbocycles. The van der Waals surface area contributed by atoms with Crippen molar-refractivity contribution in [3.05, 3.63) is 125 Å². The molecular weight excluding hydrogens is 505 g/mol. The van der Waals surface area contributed by atoms with Gasteiger partial charge < -0.3 is 0 Å². The highest BCUT2D eigenvalue weighted by Crippen LogP contribution is 2.37. The maximum absolute atomic E-state index is 13.9. The predicted octanol–water partition coefficient (Wildman–Crippen LogP) is 7.91. The van der Waals surface area contributed by atoms with Crippen LogP contribution in [0.4, 0.5) is 4.39 Å². The third kappa shape index (κ3) is 4.28. The lowest BCUT2D eigenvalue weighted by Crippen LogP contribution is -2.14. The third-order valence-electron chi connectivity index (χ3n) is 6.00. The van der Waals surface area contributed by atoms with E-state index in [1.54, 1.807) is 24.3 Å². The van der Waals surface area contributed by atoms with Crippen LogP contribution >= 0.6 is 23.8 Å². The van der Waals surface area contributed by atoms with Crippen molar-refractivity contribution in [1.29, 1.82) is 0 Å². The Balaban J connectivity index is 1.74. The summed E-state index contributed by atoms with van der Waals surface area (Å²) in [5.74, 6) is 0.847. The van der Waals surface area contributed by atoms with E-state index in [-0.39, 0.29) is 5.82 Å². The Hall–Kier alpha value is -4.33. The second-order valence-electron chi connectivity index (χ2n) is 8.35. The fourth-order valence-electron chi connectivity index (χ4n) is 4.31. The average Bonchev–Trinajstić information content (AvgIpc) is 3.51. The highest BCUT2D eigenvalue weighted by Gasteiger charge is 2.25. The number of nitrogens with zero attached hydrogens (tertiary/aromatic N) is 4. The molecule has 2 aromatic heterocycles. The summed E-state index contributed by atoms with van der Waals surface area (Å²) in [6.07, 6.45) is 0. The van der Waals surface area contributed by atoms with Gasteiger partial charge in [0, 0.05) is 27.3 Å². The number of benzene rings is 4. The van der Waals surface area contributed by atoms with Crippen LogP contribution in [0.25, 0.3) is 45.3 Å². The molecule has 0 saturated carbocycles. The van der Waals surface area contributed by atoms with Crippen LogP contribution in [-0.2, 0) is 0 Å². The Morgan fingerprint density at radius 3 is 1.86 bits per heavy atom. The maximum Gasteiger partial charge on any atom is 0.215 e. The quantitative estimate of drug-likeness (QED) is 0.234. The van der Waals surface area contributed by atoms with Gasteiger partial charge in [-0.2, -0.15) is 9.77 Å². The molecule has 37 heavy (non-hydrogen) atoms. The van der Waals surface area contributed by atoms with Crippen molar-refractivity contribution in [1.82, 2.24) is 24.5 Å². The third-order valence-corrected chi connectivity index (χ3v) is 6.52. The number of aromatic nitrogens is 5. The van der Waals surface area contributed by atoms with E-state index in [0.29, 0.717) is 21.4 Å². The van der Waals surface area contributed by atoms with Gasteiger partial charge in [-0.15, -0.1) is 0 Å². The first-order chi connectivity index (χ1) is 18.1. The first-order valence-electron chi connectivity index (χ1n) is 11.5. The molecule has 8 heteroatoms. The number of aromatic amines is 1. The molecular formula is C29H19ClFN5S. The van der Waals surface area contributed by atoms with Crippen LogP contribution in [0.1, 0.15) is 0 Å². The number of imidazole rings is 1. The van der Waals surface area contributed by atoms with E-state index in [2.05, 4.69) is 10.2 Å². The highest BCUT2D eigenvalue weighted by molar-refractivity contribution is 7.71. The first kappa shape index (κ1) is 23.1. The van der Waals surface area contributed by atoms with Gasteiger partial charge in [0.15, 0.2) is 11.6 Å². The molecule has 0 radical (unpaired) electrons. The summed E-state index contributed by atoms with van der Waals surface area (Å²) in [6, 6.07) is 33.6. The summed E-state index contributed by atoms with van der Waals surface area (Å²) >= 11 is 11.9. The van der Waals surface area contributed by atoms with Crippen LogP contribution in [0.5, 0.6) is 0 Å². The van der Waals surface area contributed by atoms with Gasteiger partial charge in [-0.1, -0.05) is 72.3 Å². The van der Waals surface area contributed by atoms with Gasteiger partial charge >= 0.3 is 0 Å². The lowest BCUT2D eigenvalue weighted by Gasteiger charge is -2.16. The molecule has 0 amide bonds. The van der Waals surface area contributed by atoms with Crippen LogP contribution in [0, 0.1) is 10.6 Å². The summed E-state index contributed by atoms with van der Waals surface area (Å²) in [6.45, 7) is 0. The Labute approximate surface area is 222 Å². The molecule has 1 N–H and O–H groups in total. The van der Waals surface area contributed by atoms with Gasteiger partial charge in [0.25, 0.3) is 0 Å². The number of halogens is 2. The lowest BCUT2D eigenvalue weighted by atomic mass is 10.1. The van der Waals surface area contributed by atoms with E-state index in [0.717, 1.165) is 33.6 Å². The molecule has 0 fully saturated rings. The highest BCUT2D eigenvalue weighted by atomic mass is 35.5. The molecule has 0 aliphatic rings. The van der Waals surface area contributed by atoms with E-state index < -0.39 is 0 Å². The van der Waals surface area contributed by atoms with E-state index in [9.17, 15) is 4.39 Å². The topological polar surface area (TPSA) is 51.4 Å². The number of rotatable bonds is 5. The van der Waals surface area contributed by atoms with Crippen molar-refractivity contribution in [3.63, 3.8) is 0 Å². The molecule has 0 atom stereocenters. The Morgan fingerprint density at radius 2 is 1.22 bits per heavy atom. The monoisotopic (exact) mass is 523 g/mol. The molecule has 4 aromatic carbocycles. The Kier molecular flexibility index (Phi) is 6.00. The van der Waals surface area contributed by atoms with E-state index in [1.165, 1.54) is 12.1 Å². The van der Waals surface area contributed by atoms with Gasteiger partial charge in [0.2, 0.25) is 4.77 Å². The zero-order chi connectivity index (χ0) is 25.4. The van der Waals surface area contributed by atoms with E-state index in [4.69, 9.17) is 28.8 Å². The summed E-state index contributed by atoms with van der Waals surface area (Å²) in [7, 11) is 0. The first-order valence-corrected chi connectivity index (χ1v) is 12.3. The summed E-state index contributed by atoms with van der Waals surface area (Å²) < 4.78 is 18.0. The second kappa shape index (κ2) is 9.61. The standard InChI is InChI=1S/C29H19ClFN5S/c30-23-15-11-22(12-16-23)28-33-34-29(37)36(28)35-26(20-9-5-2-6-10-20)25(19-7-3-1-4-8-19)32-27(35)21-13-17-24(31)18-14-21/h1-18H,(H,34,37). The SMILES string of the molecule is Fc1ccc(-c2nc(-c3ccccc3)c(-c3ccccc3)n2-n2c(-c3ccc(Cl)cc3)n[nH]c2=S)cc1. The fraction of sp³-hybridized carbons (Fsp3) is 0. The summed E-state index contributed by atoms with van der Waals surface area (Å²) in [5, 5.41) is 8.11. The zero-order valence-corrected chi connectivity index (χ0v) is 20.9. The minimum atomic E-state index is -0.324. The smallest absolute Gasteiger partial charge is 0.215 e.